The quantitative estimate of drug-likeness (QED) is 0.787. The van der Waals surface area contributed by atoms with Gasteiger partial charge in [-0.3, -0.25) is 4.68 Å². The van der Waals surface area contributed by atoms with Crippen molar-refractivity contribution in [1.29, 1.82) is 0 Å². The zero-order chi connectivity index (χ0) is 11.7. The van der Waals surface area contributed by atoms with Crippen LogP contribution in [0.2, 0.25) is 0 Å². The first-order valence-electron chi connectivity index (χ1n) is 5.11. The number of hydrogen-bond donors (Lipinski definition) is 1. The maximum Gasteiger partial charge on any atom is 0.146 e. The topological polar surface area (TPSA) is 43.8 Å². The minimum absolute atomic E-state index is 0.178. The second-order valence-corrected chi connectivity index (χ2v) is 3.94. The lowest BCUT2D eigenvalue weighted by atomic mass is 10.2. The Kier molecular flexibility index (Phi) is 2.64. The zero-order valence-electron chi connectivity index (χ0n) is 9.37. The monoisotopic (exact) mass is 219 g/mol. The summed E-state index contributed by atoms with van der Waals surface area (Å²) >= 11 is 0. The van der Waals surface area contributed by atoms with Crippen molar-refractivity contribution >= 4 is 5.69 Å². The first kappa shape index (κ1) is 10.7. The van der Waals surface area contributed by atoms with Gasteiger partial charge in [0.25, 0.3) is 0 Å². The fourth-order valence-corrected chi connectivity index (χ4v) is 1.68. The summed E-state index contributed by atoms with van der Waals surface area (Å²) in [6.07, 6.45) is 0. The molecule has 0 aliphatic carbocycles. The average molecular weight is 219 g/mol. The Morgan fingerprint density at radius 1 is 1.31 bits per heavy atom. The maximum atomic E-state index is 13.2. The molecule has 1 aromatic carbocycles. The van der Waals surface area contributed by atoms with Gasteiger partial charge in [0.2, 0.25) is 0 Å². The summed E-state index contributed by atoms with van der Waals surface area (Å²) in [7, 11) is 0. The molecule has 0 fully saturated rings. The summed E-state index contributed by atoms with van der Waals surface area (Å²) in [5.74, 6) is -0.376. The number of halogens is 1. The van der Waals surface area contributed by atoms with E-state index in [1.54, 1.807) is 6.07 Å². The van der Waals surface area contributed by atoms with E-state index in [-0.39, 0.29) is 11.5 Å². The highest BCUT2D eigenvalue weighted by molar-refractivity contribution is 5.41. The van der Waals surface area contributed by atoms with Crippen LogP contribution in [0.15, 0.2) is 24.3 Å². The molecule has 0 aliphatic heterocycles. The molecule has 2 N–H and O–H groups in total. The molecule has 0 aliphatic rings. The second-order valence-electron chi connectivity index (χ2n) is 3.94. The Balaban J connectivity index is 2.27. The van der Waals surface area contributed by atoms with Crippen molar-refractivity contribution < 1.29 is 4.39 Å². The van der Waals surface area contributed by atoms with Crippen LogP contribution in [-0.2, 0) is 6.54 Å². The van der Waals surface area contributed by atoms with Gasteiger partial charge >= 0.3 is 0 Å². The molecule has 4 heteroatoms. The molecule has 84 valence electrons. The van der Waals surface area contributed by atoms with Gasteiger partial charge in [-0.25, -0.2) is 4.39 Å². The third-order valence-corrected chi connectivity index (χ3v) is 2.50. The van der Waals surface area contributed by atoms with E-state index in [2.05, 4.69) is 5.10 Å². The molecule has 2 aromatic rings. The van der Waals surface area contributed by atoms with Crippen LogP contribution in [0, 0.1) is 19.7 Å². The SMILES string of the molecule is Cc1cc(C)n(Cc2ccc(N)c(F)c2)n1. The van der Waals surface area contributed by atoms with Crippen molar-refractivity contribution in [3.05, 3.63) is 47.0 Å². The number of aromatic nitrogens is 2. The maximum absolute atomic E-state index is 13.2. The van der Waals surface area contributed by atoms with E-state index >= 15 is 0 Å². The van der Waals surface area contributed by atoms with Crippen LogP contribution in [0.3, 0.4) is 0 Å². The minimum atomic E-state index is -0.376. The van der Waals surface area contributed by atoms with Gasteiger partial charge in [-0.05, 0) is 37.6 Å². The Morgan fingerprint density at radius 2 is 2.06 bits per heavy atom. The van der Waals surface area contributed by atoms with Gasteiger partial charge in [-0.15, -0.1) is 0 Å². The first-order chi connectivity index (χ1) is 7.56. The molecule has 16 heavy (non-hydrogen) atoms. The van der Waals surface area contributed by atoms with Crippen molar-refractivity contribution in [2.24, 2.45) is 0 Å². The van der Waals surface area contributed by atoms with E-state index in [0.717, 1.165) is 17.0 Å². The van der Waals surface area contributed by atoms with Gasteiger partial charge in [0.1, 0.15) is 5.82 Å². The molecule has 0 unspecified atom stereocenters. The lowest BCUT2D eigenvalue weighted by Crippen LogP contribution is -2.04. The molecule has 2 rings (SSSR count). The fourth-order valence-electron chi connectivity index (χ4n) is 1.68. The van der Waals surface area contributed by atoms with Crippen LogP contribution in [0.1, 0.15) is 17.0 Å². The molecular weight excluding hydrogens is 205 g/mol. The van der Waals surface area contributed by atoms with E-state index in [9.17, 15) is 4.39 Å². The molecule has 3 nitrogen and oxygen atoms in total. The highest BCUT2D eigenvalue weighted by Gasteiger charge is 2.04. The number of rotatable bonds is 2. The number of nitrogens with two attached hydrogens (primary N) is 1. The van der Waals surface area contributed by atoms with Crippen molar-refractivity contribution in [2.45, 2.75) is 20.4 Å². The zero-order valence-corrected chi connectivity index (χ0v) is 9.37. The minimum Gasteiger partial charge on any atom is -0.396 e. The Morgan fingerprint density at radius 3 is 2.62 bits per heavy atom. The van der Waals surface area contributed by atoms with Crippen LogP contribution >= 0.6 is 0 Å². The highest BCUT2D eigenvalue weighted by Crippen LogP contribution is 2.13. The molecule has 0 spiro atoms. The summed E-state index contributed by atoms with van der Waals surface area (Å²) in [6, 6.07) is 6.84. The molecule has 0 saturated carbocycles. The van der Waals surface area contributed by atoms with Crippen LogP contribution in [0.5, 0.6) is 0 Å². The van der Waals surface area contributed by atoms with Crippen LogP contribution in [-0.4, -0.2) is 9.78 Å². The number of aryl methyl sites for hydroxylation is 2. The molecule has 1 heterocycles. The van der Waals surface area contributed by atoms with Crippen LogP contribution in [0.25, 0.3) is 0 Å². The normalized spacial score (nSPS) is 10.7. The molecule has 0 amide bonds. The predicted octanol–water partition coefficient (Wildman–Crippen LogP) is 2.27. The van der Waals surface area contributed by atoms with Gasteiger partial charge in [-0.2, -0.15) is 5.10 Å². The van der Waals surface area contributed by atoms with E-state index in [4.69, 9.17) is 5.73 Å². The smallest absolute Gasteiger partial charge is 0.146 e. The van der Waals surface area contributed by atoms with E-state index in [1.165, 1.54) is 6.07 Å². The Labute approximate surface area is 93.7 Å². The van der Waals surface area contributed by atoms with E-state index in [0.29, 0.717) is 6.54 Å². The number of nitrogen functional groups attached to an aromatic ring is 1. The summed E-state index contributed by atoms with van der Waals surface area (Å²) in [5, 5.41) is 4.32. The van der Waals surface area contributed by atoms with Crippen molar-refractivity contribution in [2.75, 3.05) is 5.73 Å². The van der Waals surface area contributed by atoms with Crippen molar-refractivity contribution in [3.63, 3.8) is 0 Å². The number of anilines is 1. The molecule has 0 saturated heterocycles. The molecule has 1 aromatic heterocycles. The summed E-state index contributed by atoms with van der Waals surface area (Å²) < 4.78 is 15.1. The Hall–Kier alpha value is -1.84. The Bertz CT molecular complexity index is 517. The molecule has 0 bridgehead atoms. The van der Waals surface area contributed by atoms with Gasteiger partial charge in [-0.1, -0.05) is 6.07 Å². The lowest BCUT2D eigenvalue weighted by Gasteiger charge is -2.05. The van der Waals surface area contributed by atoms with Crippen molar-refractivity contribution in [1.82, 2.24) is 9.78 Å². The number of hydrogen-bond acceptors (Lipinski definition) is 2. The number of nitrogens with zero attached hydrogens (tertiary/aromatic N) is 2. The second kappa shape index (κ2) is 3.96. The molecule has 0 atom stereocenters. The standard InChI is InChI=1S/C12H14FN3/c1-8-5-9(2)16(15-8)7-10-3-4-12(14)11(13)6-10/h3-6H,7,14H2,1-2H3. The molecule has 0 radical (unpaired) electrons. The first-order valence-corrected chi connectivity index (χ1v) is 5.11. The molecular formula is C12H14FN3. The van der Waals surface area contributed by atoms with E-state index < -0.39 is 0 Å². The third-order valence-electron chi connectivity index (χ3n) is 2.50. The van der Waals surface area contributed by atoms with Gasteiger partial charge < -0.3 is 5.73 Å². The highest BCUT2D eigenvalue weighted by atomic mass is 19.1. The summed E-state index contributed by atoms with van der Waals surface area (Å²) in [6.45, 7) is 4.48. The van der Waals surface area contributed by atoms with Crippen molar-refractivity contribution in [3.8, 4) is 0 Å². The summed E-state index contributed by atoms with van der Waals surface area (Å²) in [5.41, 5.74) is 8.49. The largest absolute Gasteiger partial charge is 0.396 e. The number of benzene rings is 1. The van der Waals surface area contributed by atoms with Gasteiger partial charge in [0, 0.05) is 5.69 Å². The average Bonchev–Trinajstić information content (AvgIpc) is 2.51. The fraction of sp³-hybridized carbons (Fsp3) is 0.250. The van der Waals surface area contributed by atoms with Crippen LogP contribution in [0.4, 0.5) is 10.1 Å². The lowest BCUT2D eigenvalue weighted by molar-refractivity contribution is 0.619. The van der Waals surface area contributed by atoms with E-state index in [1.807, 2.05) is 30.7 Å². The van der Waals surface area contributed by atoms with Gasteiger partial charge in [0.05, 0.1) is 17.9 Å². The summed E-state index contributed by atoms with van der Waals surface area (Å²) in [4.78, 5) is 0. The third kappa shape index (κ3) is 2.05. The van der Waals surface area contributed by atoms with Gasteiger partial charge in [0.15, 0.2) is 0 Å². The van der Waals surface area contributed by atoms with Crippen LogP contribution < -0.4 is 5.73 Å². The predicted molar refractivity (Wildman–Crippen MR) is 61.6 cm³/mol.